The van der Waals surface area contributed by atoms with E-state index >= 15 is 0 Å². The van der Waals surface area contributed by atoms with E-state index in [1.807, 2.05) is 42.1 Å². The van der Waals surface area contributed by atoms with Crippen molar-refractivity contribution in [2.45, 2.75) is 11.8 Å². The number of benzene rings is 2. The van der Waals surface area contributed by atoms with Crippen molar-refractivity contribution in [2.24, 2.45) is 0 Å². The maximum atomic E-state index is 5.64. The van der Waals surface area contributed by atoms with Gasteiger partial charge in [-0.2, -0.15) is 0 Å². The van der Waals surface area contributed by atoms with Crippen molar-refractivity contribution in [3.63, 3.8) is 0 Å². The second-order valence-corrected chi connectivity index (χ2v) is 4.99. The molecule has 0 saturated carbocycles. The van der Waals surface area contributed by atoms with E-state index in [4.69, 9.17) is 4.74 Å². The molecule has 2 rings (SSSR count). The second-order valence-electron chi connectivity index (χ2n) is 3.83. The maximum absolute atomic E-state index is 5.64. The molecule has 0 aliphatic carbocycles. The Morgan fingerprint density at radius 1 is 1.00 bits per heavy atom. The Morgan fingerprint density at radius 3 is 2.59 bits per heavy atom. The minimum atomic E-state index is 0.739. The van der Waals surface area contributed by atoms with Crippen molar-refractivity contribution >= 4 is 11.8 Å². The lowest BCUT2D eigenvalue weighted by atomic mass is 10.2. The van der Waals surface area contributed by atoms with Crippen LogP contribution in [0.3, 0.4) is 0 Å². The number of hydrogen-bond acceptors (Lipinski definition) is 2. The molecule has 2 aromatic rings. The number of rotatable bonds is 5. The van der Waals surface area contributed by atoms with Crippen molar-refractivity contribution in [3.05, 3.63) is 60.2 Å². The van der Waals surface area contributed by atoms with E-state index in [1.54, 1.807) is 0 Å². The molecule has 0 atom stereocenters. The average molecular weight is 244 g/mol. The molecule has 2 heteroatoms. The summed E-state index contributed by atoms with van der Waals surface area (Å²) in [5, 5.41) is 0. The van der Waals surface area contributed by atoms with Crippen molar-refractivity contribution in [2.75, 3.05) is 12.4 Å². The average Bonchev–Trinajstić information content (AvgIpc) is 2.36. The highest BCUT2D eigenvalue weighted by molar-refractivity contribution is 7.99. The number of hydrogen-bond donors (Lipinski definition) is 0. The molecule has 0 bridgehead atoms. The van der Waals surface area contributed by atoms with Crippen LogP contribution >= 0.6 is 11.8 Å². The molecule has 88 valence electrons. The zero-order valence-electron chi connectivity index (χ0n) is 9.93. The Labute approximate surface area is 107 Å². The van der Waals surface area contributed by atoms with Crippen LogP contribution in [-0.4, -0.2) is 12.4 Å². The lowest BCUT2D eigenvalue weighted by Crippen LogP contribution is -1.99. The predicted octanol–water partition coefficient (Wildman–Crippen LogP) is 4.17. The first-order valence-electron chi connectivity index (χ1n) is 5.72. The number of ether oxygens (including phenoxy) is 1. The Balaban J connectivity index is 1.73. The van der Waals surface area contributed by atoms with Gasteiger partial charge in [0, 0.05) is 10.6 Å². The lowest BCUT2D eigenvalue weighted by molar-refractivity contribution is 0.344. The van der Waals surface area contributed by atoms with Crippen LogP contribution in [0.2, 0.25) is 0 Å². The minimum absolute atomic E-state index is 0.739. The zero-order chi connectivity index (χ0) is 11.9. The molecule has 0 unspecified atom stereocenters. The van der Waals surface area contributed by atoms with Crippen LogP contribution < -0.4 is 4.74 Å². The molecule has 0 amide bonds. The van der Waals surface area contributed by atoms with Gasteiger partial charge in [0.15, 0.2) is 0 Å². The van der Waals surface area contributed by atoms with Gasteiger partial charge in [0.2, 0.25) is 0 Å². The third-order valence-corrected chi connectivity index (χ3v) is 3.31. The predicted molar refractivity (Wildman–Crippen MR) is 73.8 cm³/mol. The number of para-hydroxylation sites is 1. The summed E-state index contributed by atoms with van der Waals surface area (Å²) in [5.41, 5.74) is 1.30. The van der Waals surface area contributed by atoms with Gasteiger partial charge in [-0.25, -0.2) is 0 Å². The lowest BCUT2D eigenvalue weighted by Gasteiger charge is -2.06. The highest BCUT2D eigenvalue weighted by Gasteiger charge is 1.95. The molecule has 0 aromatic heterocycles. The summed E-state index contributed by atoms with van der Waals surface area (Å²) in [6.45, 7) is 2.85. The summed E-state index contributed by atoms with van der Waals surface area (Å²) in [4.78, 5) is 1.31. The molecular weight excluding hydrogens is 228 g/mol. The third-order valence-electron chi connectivity index (χ3n) is 2.35. The number of aryl methyl sites for hydroxylation is 1. The fourth-order valence-electron chi connectivity index (χ4n) is 1.54. The molecule has 0 spiro atoms. The summed E-state index contributed by atoms with van der Waals surface area (Å²) in [5.74, 6) is 1.91. The van der Waals surface area contributed by atoms with Gasteiger partial charge in [-0.3, -0.25) is 0 Å². The van der Waals surface area contributed by atoms with Gasteiger partial charge in [-0.1, -0.05) is 35.9 Å². The van der Waals surface area contributed by atoms with Crippen LogP contribution in [0.25, 0.3) is 0 Å². The molecule has 0 aliphatic heterocycles. The Bertz CT molecular complexity index is 453. The van der Waals surface area contributed by atoms with Crippen LogP contribution in [-0.2, 0) is 0 Å². The van der Waals surface area contributed by atoms with E-state index < -0.39 is 0 Å². The van der Waals surface area contributed by atoms with Gasteiger partial charge in [-0.15, -0.1) is 11.8 Å². The highest BCUT2D eigenvalue weighted by atomic mass is 32.2. The van der Waals surface area contributed by atoms with E-state index in [9.17, 15) is 0 Å². The summed E-state index contributed by atoms with van der Waals surface area (Å²) >= 11 is 1.83. The SMILES string of the molecule is Cc1cccc(SCCOc2ccccc2)c1. The van der Waals surface area contributed by atoms with E-state index in [2.05, 4.69) is 31.2 Å². The van der Waals surface area contributed by atoms with Gasteiger partial charge in [0.1, 0.15) is 5.75 Å². The Kier molecular flexibility index (Phi) is 4.51. The van der Waals surface area contributed by atoms with Crippen molar-refractivity contribution < 1.29 is 4.74 Å². The second kappa shape index (κ2) is 6.36. The molecule has 0 heterocycles. The molecule has 0 fully saturated rings. The first-order chi connectivity index (χ1) is 8.34. The first-order valence-corrected chi connectivity index (χ1v) is 6.70. The third kappa shape index (κ3) is 4.16. The highest BCUT2D eigenvalue weighted by Crippen LogP contribution is 2.19. The summed E-state index contributed by atoms with van der Waals surface area (Å²) in [7, 11) is 0. The summed E-state index contributed by atoms with van der Waals surface area (Å²) in [6.07, 6.45) is 0. The molecular formula is C15H16OS. The zero-order valence-corrected chi connectivity index (χ0v) is 10.7. The molecule has 0 radical (unpaired) electrons. The standard InChI is InChI=1S/C15H16OS/c1-13-6-5-9-15(12-13)17-11-10-16-14-7-3-2-4-8-14/h2-9,12H,10-11H2,1H3. The van der Waals surface area contributed by atoms with E-state index in [0.717, 1.165) is 18.1 Å². The van der Waals surface area contributed by atoms with E-state index in [-0.39, 0.29) is 0 Å². The van der Waals surface area contributed by atoms with Crippen LogP contribution in [0.4, 0.5) is 0 Å². The first kappa shape index (κ1) is 12.1. The van der Waals surface area contributed by atoms with Crippen LogP contribution in [0.5, 0.6) is 5.75 Å². The van der Waals surface area contributed by atoms with Crippen molar-refractivity contribution in [3.8, 4) is 5.75 Å². The fourth-order valence-corrected chi connectivity index (χ4v) is 2.39. The van der Waals surface area contributed by atoms with Crippen LogP contribution in [0.1, 0.15) is 5.56 Å². The van der Waals surface area contributed by atoms with Gasteiger partial charge >= 0.3 is 0 Å². The molecule has 0 aliphatic rings. The van der Waals surface area contributed by atoms with E-state index in [1.165, 1.54) is 10.5 Å². The Morgan fingerprint density at radius 2 is 1.82 bits per heavy atom. The van der Waals surface area contributed by atoms with Gasteiger partial charge in [-0.05, 0) is 31.2 Å². The molecule has 0 N–H and O–H groups in total. The fraction of sp³-hybridized carbons (Fsp3) is 0.200. The van der Waals surface area contributed by atoms with Crippen molar-refractivity contribution in [1.82, 2.24) is 0 Å². The van der Waals surface area contributed by atoms with E-state index in [0.29, 0.717) is 0 Å². The van der Waals surface area contributed by atoms with Crippen LogP contribution in [0.15, 0.2) is 59.5 Å². The normalized spacial score (nSPS) is 10.2. The minimum Gasteiger partial charge on any atom is -0.493 e. The largest absolute Gasteiger partial charge is 0.493 e. The monoisotopic (exact) mass is 244 g/mol. The van der Waals surface area contributed by atoms with Crippen molar-refractivity contribution in [1.29, 1.82) is 0 Å². The van der Waals surface area contributed by atoms with Gasteiger partial charge in [0.25, 0.3) is 0 Å². The summed E-state index contributed by atoms with van der Waals surface area (Å²) in [6, 6.07) is 18.5. The van der Waals surface area contributed by atoms with Crippen LogP contribution in [0, 0.1) is 6.92 Å². The van der Waals surface area contributed by atoms with Gasteiger partial charge < -0.3 is 4.74 Å². The molecule has 1 nitrogen and oxygen atoms in total. The maximum Gasteiger partial charge on any atom is 0.119 e. The number of thioether (sulfide) groups is 1. The molecule has 0 saturated heterocycles. The smallest absolute Gasteiger partial charge is 0.119 e. The molecule has 17 heavy (non-hydrogen) atoms. The quantitative estimate of drug-likeness (QED) is 0.577. The summed E-state index contributed by atoms with van der Waals surface area (Å²) < 4.78 is 5.64. The van der Waals surface area contributed by atoms with Gasteiger partial charge in [0.05, 0.1) is 6.61 Å². The Hall–Kier alpha value is -1.41. The topological polar surface area (TPSA) is 9.23 Å². The molecule has 2 aromatic carbocycles.